The quantitative estimate of drug-likeness (QED) is 0.464. The van der Waals surface area contributed by atoms with Gasteiger partial charge in [-0.05, 0) is 55.7 Å². The van der Waals surface area contributed by atoms with Gasteiger partial charge in [0.1, 0.15) is 17.0 Å². The lowest BCUT2D eigenvalue weighted by Gasteiger charge is -2.45. The summed E-state index contributed by atoms with van der Waals surface area (Å²) < 4.78 is 5.44. The van der Waals surface area contributed by atoms with E-state index in [1.54, 1.807) is 19.2 Å². The Balaban J connectivity index is 1.62. The number of rotatable bonds is 8. The van der Waals surface area contributed by atoms with Crippen molar-refractivity contribution in [3.63, 3.8) is 0 Å². The zero-order valence-electron chi connectivity index (χ0n) is 20.2. The lowest BCUT2D eigenvalue weighted by molar-refractivity contribution is -0.142. The van der Waals surface area contributed by atoms with Crippen LogP contribution in [0.2, 0.25) is 0 Å². The number of nitrogens with zero attached hydrogens (tertiary/aromatic N) is 1. The van der Waals surface area contributed by atoms with Gasteiger partial charge in [-0.1, -0.05) is 12.5 Å². The molecule has 3 amide bonds. The molecule has 2 saturated heterocycles. The summed E-state index contributed by atoms with van der Waals surface area (Å²) in [5, 5.41) is 3.54. The van der Waals surface area contributed by atoms with Crippen LogP contribution < -0.4 is 15.8 Å². The Kier molecular flexibility index (Phi) is 6.44. The number of ether oxygens (including phenoxy) is 1. The normalized spacial score (nSPS) is 28.2. The maximum absolute atomic E-state index is 14.1. The smallest absolute Gasteiger partial charge is 0.271 e. The van der Waals surface area contributed by atoms with E-state index in [0.29, 0.717) is 31.7 Å². The minimum Gasteiger partial charge on any atom is -0.496 e. The zero-order valence-corrected chi connectivity index (χ0v) is 21.0. The Labute approximate surface area is 214 Å². The fourth-order valence-corrected chi connectivity index (χ4v) is 7.16. The first kappa shape index (κ1) is 24.6. The second-order valence-corrected chi connectivity index (χ2v) is 10.4. The molecule has 3 unspecified atom stereocenters. The molecule has 36 heavy (non-hydrogen) atoms. The molecule has 1 aromatic carbocycles. The van der Waals surface area contributed by atoms with Crippen molar-refractivity contribution < 1.29 is 23.9 Å². The van der Waals surface area contributed by atoms with Gasteiger partial charge < -0.3 is 25.7 Å². The number of hydrogen-bond acceptors (Lipinski definition) is 5. The van der Waals surface area contributed by atoms with Crippen molar-refractivity contribution in [1.29, 1.82) is 0 Å². The maximum Gasteiger partial charge on any atom is 0.271 e. The van der Waals surface area contributed by atoms with Crippen molar-refractivity contribution in [3.8, 4) is 5.75 Å². The number of halogens is 1. The van der Waals surface area contributed by atoms with Crippen LogP contribution in [0.1, 0.15) is 42.6 Å². The van der Waals surface area contributed by atoms with E-state index in [1.165, 1.54) is 4.90 Å². The van der Waals surface area contributed by atoms with E-state index in [9.17, 15) is 19.2 Å². The van der Waals surface area contributed by atoms with Crippen LogP contribution in [0.5, 0.6) is 5.75 Å². The summed E-state index contributed by atoms with van der Waals surface area (Å²) in [5.41, 5.74) is 5.62. The number of ketones is 1. The van der Waals surface area contributed by atoms with E-state index < -0.39 is 29.2 Å². The number of likely N-dealkylation sites (tertiary alicyclic amines) is 1. The molecule has 5 rings (SSSR count). The molecule has 4 N–H and O–H groups in total. The van der Waals surface area contributed by atoms with Gasteiger partial charge in [0.05, 0.1) is 18.9 Å². The van der Waals surface area contributed by atoms with E-state index in [-0.39, 0.29) is 41.5 Å². The van der Waals surface area contributed by atoms with Gasteiger partial charge in [-0.25, -0.2) is 0 Å². The Hall–Kier alpha value is -3.07. The van der Waals surface area contributed by atoms with Gasteiger partial charge in [-0.15, -0.1) is 11.6 Å². The number of methoxy groups -OCH3 is 1. The Bertz CT molecular complexity index is 1230. The van der Waals surface area contributed by atoms with Crippen molar-refractivity contribution in [2.45, 2.75) is 37.6 Å². The predicted octanol–water partition coefficient (Wildman–Crippen LogP) is 2.22. The fraction of sp³-hybridized carbons (Fsp3) is 0.538. The number of primary amides is 1. The van der Waals surface area contributed by atoms with Crippen LogP contribution in [0.4, 0.5) is 0 Å². The second kappa shape index (κ2) is 9.42. The topological polar surface area (TPSA) is 135 Å². The number of aromatic amines is 1. The summed E-state index contributed by atoms with van der Waals surface area (Å²) in [6.45, 7) is 0.836. The molecule has 0 radical (unpaired) electrons. The molecule has 1 aromatic heterocycles. The highest BCUT2D eigenvalue weighted by atomic mass is 35.5. The van der Waals surface area contributed by atoms with Crippen molar-refractivity contribution >= 4 is 46.0 Å². The first-order valence-corrected chi connectivity index (χ1v) is 13.0. The second-order valence-electron chi connectivity index (χ2n) is 10.2. The molecule has 1 saturated carbocycles. The van der Waals surface area contributed by atoms with E-state index in [0.717, 1.165) is 23.7 Å². The van der Waals surface area contributed by atoms with Crippen LogP contribution in [0.15, 0.2) is 24.3 Å². The summed E-state index contributed by atoms with van der Waals surface area (Å²) in [6, 6.07) is 7.17. The molecule has 3 heterocycles. The lowest BCUT2D eigenvalue weighted by atomic mass is 9.67. The summed E-state index contributed by atoms with van der Waals surface area (Å²) >= 11 is 6.06. The standard InChI is InChI=1S/C26H31ClN4O5/c1-36-22-7-3-6-19-16(22)11-20(30-19)24(34)31-13-15-4-2-5-17(15)26(31,25(28)35)18(21(32)12-27)10-14-8-9-29-23(14)33/h3,6-7,11,14-15,17-18,30H,2,4-5,8-10,12-13H2,1H3,(H2,28,35)(H,29,33)/t14-,15?,17?,18-,26?/m1/s1. The number of H-pyrrole nitrogens is 1. The highest BCUT2D eigenvalue weighted by Crippen LogP contribution is 2.54. The largest absolute Gasteiger partial charge is 0.496 e. The zero-order chi connectivity index (χ0) is 25.6. The molecule has 0 bridgehead atoms. The number of nitrogens with two attached hydrogens (primary N) is 1. The van der Waals surface area contributed by atoms with Crippen LogP contribution in [0.25, 0.3) is 10.9 Å². The average Bonchev–Trinajstić information content (AvgIpc) is 3.64. The molecule has 1 aliphatic carbocycles. The number of nitrogens with one attached hydrogen (secondary N) is 2. The number of hydrogen-bond donors (Lipinski definition) is 3. The Morgan fingerprint density at radius 1 is 1.28 bits per heavy atom. The first-order chi connectivity index (χ1) is 17.3. The van der Waals surface area contributed by atoms with E-state index in [4.69, 9.17) is 22.1 Å². The number of alkyl halides is 1. The van der Waals surface area contributed by atoms with Crippen LogP contribution in [-0.4, -0.2) is 65.0 Å². The molecule has 3 fully saturated rings. The molecule has 5 atom stereocenters. The van der Waals surface area contributed by atoms with Crippen molar-refractivity contribution in [2.24, 2.45) is 29.4 Å². The molecule has 10 heteroatoms. The van der Waals surface area contributed by atoms with E-state index >= 15 is 0 Å². The average molecular weight is 515 g/mol. The SMILES string of the molecule is COc1cccc2[nH]c(C(=O)N3CC4CCCC4C3(C(N)=O)[C@H](C[C@H]3CCNC3=O)C(=O)CCl)cc12. The number of benzene rings is 1. The van der Waals surface area contributed by atoms with Gasteiger partial charge in [0.25, 0.3) is 5.91 Å². The molecule has 2 aliphatic heterocycles. The van der Waals surface area contributed by atoms with Crippen molar-refractivity contribution in [1.82, 2.24) is 15.2 Å². The lowest BCUT2D eigenvalue weighted by Crippen LogP contribution is -2.65. The number of Topliss-reactive ketones (excluding diaryl/α,β-unsaturated/α-hetero) is 1. The minimum absolute atomic E-state index is 0.0448. The monoisotopic (exact) mass is 514 g/mol. The van der Waals surface area contributed by atoms with Gasteiger partial charge >= 0.3 is 0 Å². The highest BCUT2D eigenvalue weighted by Gasteiger charge is 2.65. The Morgan fingerprint density at radius 2 is 2.08 bits per heavy atom. The van der Waals surface area contributed by atoms with Crippen LogP contribution in [-0.2, 0) is 14.4 Å². The van der Waals surface area contributed by atoms with E-state index in [2.05, 4.69) is 10.3 Å². The summed E-state index contributed by atoms with van der Waals surface area (Å²) in [4.78, 5) is 58.1. The predicted molar refractivity (Wildman–Crippen MR) is 134 cm³/mol. The summed E-state index contributed by atoms with van der Waals surface area (Å²) in [5.74, 6) is -2.94. The third-order valence-corrected chi connectivity index (χ3v) is 8.80. The summed E-state index contributed by atoms with van der Waals surface area (Å²) in [7, 11) is 1.56. The van der Waals surface area contributed by atoms with Gasteiger partial charge in [0, 0.05) is 29.9 Å². The third-order valence-electron chi connectivity index (χ3n) is 8.54. The molecule has 2 aromatic rings. The van der Waals surface area contributed by atoms with Crippen LogP contribution in [0, 0.1) is 23.7 Å². The number of carbonyl (C=O) groups is 4. The molecule has 9 nitrogen and oxygen atoms in total. The van der Waals surface area contributed by atoms with E-state index in [1.807, 2.05) is 12.1 Å². The van der Waals surface area contributed by atoms with Crippen molar-refractivity contribution in [3.05, 3.63) is 30.0 Å². The third kappa shape index (κ3) is 3.67. The molecule has 3 aliphatic rings. The number of amides is 3. The van der Waals surface area contributed by atoms with Crippen molar-refractivity contribution in [2.75, 3.05) is 26.1 Å². The number of fused-ring (bicyclic) bond motifs is 2. The molecule has 0 spiro atoms. The van der Waals surface area contributed by atoms with Crippen LogP contribution >= 0.6 is 11.6 Å². The first-order valence-electron chi connectivity index (χ1n) is 12.5. The molecular weight excluding hydrogens is 484 g/mol. The van der Waals surface area contributed by atoms with Gasteiger partial charge in [-0.2, -0.15) is 0 Å². The van der Waals surface area contributed by atoms with Gasteiger partial charge in [0.15, 0.2) is 5.78 Å². The molecular formula is C26H31ClN4O5. The van der Waals surface area contributed by atoms with Crippen LogP contribution in [0.3, 0.4) is 0 Å². The Morgan fingerprint density at radius 3 is 2.75 bits per heavy atom. The summed E-state index contributed by atoms with van der Waals surface area (Å²) in [6.07, 6.45) is 3.11. The number of aromatic nitrogens is 1. The minimum atomic E-state index is -1.55. The number of carbonyl (C=O) groups excluding carboxylic acids is 4. The highest BCUT2D eigenvalue weighted by molar-refractivity contribution is 6.28. The van der Waals surface area contributed by atoms with Gasteiger partial charge in [-0.3, -0.25) is 19.2 Å². The van der Waals surface area contributed by atoms with Gasteiger partial charge in [0.2, 0.25) is 11.8 Å². The fourth-order valence-electron chi connectivity index (χ4n) is 6.98. The maximum atomic E-state index is 14.1. The molecule has 192 valence electrons.